The van der Waals surface area contributed by atoms with E-state index in [1.54, 1.807) is 4.68 Å². The highest BCUT2D eigenvalue weighted by molar-refractivity contribution is 7.91. The van der Waals surface area contributed by atoms with Crippen LogP contribution in [0.15, 0.2) is 0 Å². The molecule has 0 radical (unpaired) electrons. The highest BCUT2D eigenvalue weighted by atomic mass is 32.2. The maximum Gasteiger partial charge on any atom is 0.235 e. The van der Waals surface area contributed by atoms with Crippen LogP contribution in [0.1, 0.15) is 57.3 Å². The topological polar surface area (TPSA) is 107 Å². The first kappa shape index (κ1) is 16.4. The number of carbonyl (C=O) groups is 1. The summed E-state index contributed by atoms with van der Waals surface area (Å²) >= 11 is 0. The summed E-state index contributed by atoms with van der Waals surface area (Å²) in [6.45, 7) is 2.10. The fourth-order valence-corrected chi connectivity index (χ4v) is 4.30. The lowest BCUT2D eigenvalue weighted by atomic mass is 9.86. The van der Waals surface area contributed by atoms with Gasteiger partial charge in [-0.1, -0.05) is 19.8 Å². The minimum absolute atomic E-state index is 0.0863. The molecule has 2 aliphatic rings. The van der Waals surface area contributed by atoms with Gasteiger partial charge in [0.25, 0.3) is 0 Å². The molecule has 1 heterocycles. The summed E-state index contributed by atoms with van der Waals surface area (Å²) < 4.78 is 26.1. The van der Waals surface area contributed by atoms with E-state index in [4.69, 9.17) is 0 Å². The van der Waals surface area contributed by atoms with E-state index < -0.39 is 21.5 Å². The summed E-state index contributed by atoms with van der Waals surface area (Å²) in [6, 6.07) is 0.301. The van der Waals surface area contributed by atoms with E-state index in [-0.39, 0.29) is 17.8 Å². The van der Waals surface area contributed by atoms with E-state index in [1.807, 2.05) is 0 Å². The lowest BCUT2D eigenvalue weighted by molar-refractivity contribution is -0.119. The summed E-state index contributed by atoms with van der Waals surface area (Å²) in [4.78, 5) is 12.1. The summed E-state index contributed by atoms with van der Waals surface area (Å²) in [5.41, 5.74) is 0. The number of rotatable bonds is 6. The lowest BCUT2D eigenvalue weighted by Gasteiger charge is -2.29. The van der Waals surface area contributed by atoms with Gasteiger partial charge < -0.3 is 5.32 Å². The van der Waals surface area contributed by atoms with Gasteiger partial charge in [0, 0.05) is 6.04 Å². The molecule has 0 aromatic carbocycles. The van der Waals surface area contributed by atoms with Crippen molar-refractivity contribution in [3.8, 4) is 0 Å². The van der Waals surface area contributed by atoms with Gasteiger partial charge in [-0.05, 0) is 42.0 Å². The SMILES string of the molecule is C[C@@H]1CCCC[C@@H]1NC(=O)CS(=O)(=O)Cc1nnnn1C1CC1. The molecule has 8 nitrogen and oxygen atoms in total. The molecule has 2 saturated carbocycles. The minimum atomic E-state index is -3.58. The van der Waals surface area contributed by atoms with Crippen LogP contribution in [0, 0.1) is 5.92 Å². The van der Waals surface area contributed by atoms with Gasteiger partial charge in [-0.3, -0.25) is 4.79 Å². The monoisotopic (exact) mass is 341 g/mol. The third kappa shape index (κ3) is 4.27. The molecule has 2 atom stereocenters. The Kier molecular flexibility index (Phi) is 4.65. The summed E-state index contributed by atoms with van der Waals surface area (Å²) in [7, 11) is -3.58. The number of hydrogen-bond donors (Lipinski definition) is 1. The van der Waals surface area contributed by atoms with E-state index in [2.05, 4.69) is 27.8 Å². The molecule has 0 spiro atoms. The van der Waals surface area contributed by atoms with Gasteiger partial charge in [0.15, 0.2) is 15.7 Å². The van der Waals surface area contributed by atoms with Crippen molar-refractivity contribution in [3.63, 3.8) is 0 Å². The Balaban J connectivity index is 1.57. The average Bonchev–Trinajstić information content (AvgIpc) is 3.21. The molecule has 3 rings (SSSR count). The maximum atomic E-state index is 12.3. The zero-order valence-corrected chi connectivity index (χ0v) is 14.1. The van der Waals surface area contributed by atoms with E-state index in [0.717, 1.165) is 32.1 Å². The Morgan fingerprint density at radius 2 is 2.00 bits per heavy atom. The molecule has 1 N–H and O–H groups in total. The van der Waals surface area contributed by atoms with Crippen LogP contribution >= 0.6 is 0 Å². The van der Waals surface area contributed by atoms with Crippen LogP contribution in [-0.2, 0) is 20.4 Å². The molecule has 0 aliphatic heterocycles. The van der Waals surface area contributed by atoms with E-state index in [9.17, 15) is 13.2 Å². The van der Waals surface area contributed by atoms with Crippen LogP contribution in [0.4, 0.5) is 0 Å². The quantitative estimate of drug-likeness (QED) is 0.813. The van der Waals surface area contributed by atoms with Crippen molar-refractivity contribution in [1.29, 1.82) is 0 Å². The number of nitrogens with zero attached hydrogens (tertiary/aromatic N) is 4. The molecule has 1 aromatic heterocycles. The van der Waals surface area contributed by atoms with Crippen LogP contribution in [-0.4, -0.2) is 46.3 Å². The second-order valence-electron chi connectivity index (χ2n) is 6.74. The number of carbonyl (C=O) groups excluding carboxylic acids is 1. The molecule has 1 amide bonds. The van der Waals surface area contributed by atoms with Crippen molar-refractivity contribution in [2.45, 2.75) is 63.3 Å². The molecule has 0 bridgehead atoms. The third-order valence-electron chi connectivity index (χ3n) is 4.61. The van der Waals surface area contributed by atoms with E-state index in [0.29, 0.717) is 11.7 Å². The standard InChI is InChI=1S/C14H23N5O3S/c1-10-4-2-3-5-12(10)15-14(20)9-23(21,22)8-13-16-17-18-19(13)11-6-7-11/h10-12H,2-9H2,1H3,(H,15,20)/t10-,12+/m1/s1. The van der Waals surface area contributed by atoms with E-state index >= 15 is 0 Å². The first-order chi connectivity index (χ1) is 10.9. The number of hydrogen-bond acceptors (Lipinski definition) is 6. The molecule has 2 aliphatic carbocycles. The largest absolute Gasteiger partial charge is 0.352 e. The Labute approximate surface area is 135 Å². The van der Waals surface area contributed by atoms with Gasteiger partial charge in [0.05, 0.1) is 6.04 Å². The number of sulfone groups is 1. The van der Waals surface area contributed by atoms with Gasteiger partial charge >= 0.3 is 0 Å². The predicted molar refractivity (Wildman–Crippen MR) is 83.1 cm³/mol. The molecule has 2 fully saturated rings. The average molecular weight is 341 g/mol. The van der Waals surface area contributed by atoms with Gasteiger partial charge in [-0.25, -0.2) is 13.1 Å². The Morgan fingerprint density at radius 1 is 1.26 bits per heavy atom. The second kappa shape index (κ2) is 6.54. The molecule has 23 heavy (non-hydrogen) atoms. The number of nitrogens with one attached hydrogen (secondary N) is 1. The first-order valence-electron chi connectivity index (χ1n) is 8.21. The van der Waals surface area contributed by atoms with Gasteiger partial charge in [-0.2, -0.15) is 0 Å². The Morgan fingerprint density at radius 3 is 2.70 bits per heavy atom. The highest BCUT2D eigenvalue weighted by Crippen LogP contribution is 2.34. The molecule has 0 unspecified atom stereocenters. The van der Waals surface area contributed by atoms with Crippen molar-refractivity contribution in [2.24, 2.45) is 5.92 Å². The third-order valence-corrected chi connectivity index (χ3v) is 6.01. The summed E-state index contributed by atoms with van der Waals surface area (Å²) in [6.07, 6.45) is 6.20. The highest BCUT2D eigenvalue weighted by Gasteiger charge is 2.31. The van der Waals surface area contributed by atoms with Crippen molar-refractivity contribution in [3.05, 3.63) is 5.82 Å². The molecule has 128 valence electrons. The Bertz CT molecular complexity index is 668. The van der Waals surface area contributed by atoms with Gasteiger partial charge in [0.2, 0.25) is 5.91 Å². The van der Waals surface area contributed by atoms with Crippen molar-refractivity contribution in [2.75, 3.05) is 5.75 Å². The zero-order chi connectivity index (χ0) is 16.4. The van der Waals surface area contributed by atoms with Crippen LogP contribution in [0.3, 0.4) is 0 Å². The summed E-state index contributed by atoms with van der Waals surface area (Å²) in [5, 5.41) is 14.0. The number of amides is 1. The molecule has 0 saturated heterocycles. The van der Waals surface area contributed by atoms with Crippen LogP contribution in [0.25, 0.3) is 0 Å². The minimum Gasteiger partial charge on any atom is -0.352 e. The van der Waals surface area contributed by atoms with Crippen LogP contribution < -0.4 is 5.32 Å². The van der Waals surface area contributed by atoms with Crippen molar-refractivity contribution >= 4 is 15.7 Å². The molecular formula is C14H23N5O3S. The van der Waals surface area contributed by atoms with Crippen LogP contribution in [0.5, 0.6) is 0 Å². The smallest absolute Gasteiger partial charge is 0.235 e. The first-order valence-corrected chi connectivity index (χ1v) is 10.0. The summed E-state index contributed by atoms with van der Waals surface area (Å²) in [5.74, 6) is -0.490. The normalized spacial score (nSPS) is 25.3. The molecular weight excluding hydrogens is 318 g/mol. The predicted octanol–water partition coefficient (Wildman–Crippen LogP) is 0.618. The number of aromatic nitrogens is 4. The van der Waals surface area contributed by atoms with Crippen LogP contribution in [0.2, 0.25) is 0 Å². The van der Waals surface area contributed by atoms with Gasteiger partial charge in [0.1, 0.15) is 11.5 Å². The number of tetrazole rings is 1. The Hall–Kier alpha value is -1.51. The molecule has 9 heteroatoms. The zero-order valence-electron chi connectivity index (χ0n) is 13.3. The maximum absolute atomic E-state index is 12.3. The fourth-order valence-electron chi connectivity index (χ4n) is 3.14. The van der Waals surface area contributed by atoms with E-state index in [1.165, 1.54) is 6.42 Å². The van der Waals surface area contributed by atoms with Crippen molar-refractivity contribution in [1.82, 2.24) is 25.5 Å². The second-order valence-corrected chi connectivity index (χ2v) is 8.80. The lowest BCUT2D eigenvalue weighted by Crippen LogP contribution is -2.43. The van der Waals surface area contributed by atoms with Crippen molar-refractivity contribution < 1.29 is 13.2 Å². The van der Waals surface area contributed by atoms with Gasteiger partial charge in [-0.15, -0.1) is 5.10 Å². The molecule has 1 aromatic rings. The fraction of sp³-hybridized carbons (Fsp3) is 0.857.